The summed E-state index contributed by atoms with van der Waals surface area (Å²) in [5, 5.41) is 0. The van der Waals surface area contributed by atoms with E-state index in [1.807, 2.05) is 21.1 Å². The number of nitrogens with zero attached hydrogens (tertiary/aromatic N) is 1. The Morgan fingerprint density at radius 3 is 1.01 bits per heavy atom. The van der Waals surface area contributed by atoms with Crippen molar-refractivity contribution in [3.8, 4) is 0 Å². The van der Waals surface area contributed by atoms with E-state index in [-0.39, 0.29) is 32.0 Å². The first-order valence-electron chi connectivity index (χ1n) is 34.2. The molecule has 84 heavy (non-hydrogen) atoms. The van der Waals surface area contributed by atoms with Crippen molar-refractivity contribution in [2.75, 3.05) is 47.5 Å². The molecule has 0 spiro atoms. The highest BCUT2D eigenvalue weighted by molar-refractivity contribution is 7.45. The number of carbonyl (C=O) groups excluding carboxylic acids is 2. The predicted octanol–water partition coefficient (Wildman–Crippen LogP) is 21.6. The second-order valence-electron chi connectivity index (χ2n) is 23.8. The van der Waals surface area contributed by atoms with Crippen LogP contribution in [0.25, 0.3) is 0 Å². The summed E-state index contributed by atoms with van der Waals surface area (Å²) in [4.78, 5) is 38.1. The van der Waals surface area contributed by atoms with E-state index < -0.39 is 26.5 Å². The van der Waals surface area contributed by atoms with E-state index in [2.05, 4.69) is 135 Å². The SMILES string of the molecule is CC/C=C\C/C=C\C/C=C\C/C=C\C/C=C\C/C=C\C/C=C\C/C=C\CCCCCCCCC(=O)OC(COC(=O)CCCCCCCCCCCCCCCCCCC/C=C\C/C=C\CCCCCCC)COP(=O)([O-])OCC[N+](C)(C)C. The molecule has 2 unspecified atom stereocenters. The van der Waals surface area contributed by atoms with Gasteiger partial charge in [0.1, 0.15) is 19.8 Å². The molecule has 0 aliphatic heterocycles. The van der Waals surface area contributed by atoms with E-state index in [1.165, 1.54) is 135 Å². The van der Waals surface area contributed by atoms with Gasteiger partial charge >= 0.3 is 11.9 Å². The Hall–Kier alpha value is -3.59. The van der Waals surface area contributed by atoms with Crippen LogP contribution in [0.4, 0.5) is 0 Å². The molecular weight excluding hydrogens is 1060 g/mol. The molecule has 9 nitrogen and oxygen atoms in total. The van der Waals surface area contributed by atoms with E-state index in [1.54, 1.807) is 0 Å². The number of hydrogen-bond donors (Lipinski definition) is 0. The van der Waals surface area contributed by atoms with Crippen LogP contribution < -0.4 is 4.89 Å². The summed E-state index contributed by atoms with van der Waals surface area (Å²) in [6.45, 7) is 4.11. The highest BCUT2D eigenvalue weighted by Gasteiger charge is 2.22. The number of phosphoric ester groups is 1. The lowest BCUT2D eigenvalue weighted by Gasteiger charge is -2.28. The van der Waals surface area contributed by atoms with E-state index in [0.29, 0.717) is 17.4 Å². The van der Waals surface area contributed by atoms with Crippen LogP contribution in [0, 0.1) is 0 Å². The van der Waals surface area contributed by atoms with Gasteiger partial charge in [0.05, 0.1) is 27.7 Å². The largest absolute Gasteiger partial charge is 0.756 e. The van der Waals surface area contributed by atoms with Crippen LogP contribution in [0.15, 0.2) is 122 Å². The minimum Gasteiger partial charge on any atom is -0.756 e. The fraction of sp³-hybridized carbons (Fsp3) is 0.703. The summed E-state index contributed by atoms with van der Waals surface area (Å²) in [5.74, 6) is -0.850. The third-order valence-electron chi connectivity index (χ3n) is 14.5. The third-order valence-corrected chi connectivity index (χ3v) is 15.4. The van der Waals surface area contributed by atoms with E-state index in [4.69, 9.17) is 18.5 Å². The lowest BCUT2D eigenvalue weighted by Crippen LogP contribution is -2.37. The lowest BCUT2D eigenvalue weighted by atomic mass is 10.0. The van der Waals surface area contributed by atoms with Gasteiger partial charge in [-0.3, -0.25) is 14.2 Å². The van der Waals surface area contributed by atoms with Crippen molar-refractivity contribution in [1.82, 2.24) is 0 Å². The van der Waals surface area contributed by atoms with Crippen LogP contribution in [0.1, 0.15) is 284 Å². The van der Waals surface area contributed by atoms with E-state index in [9.17, 15) is 19.0 Å². The molecule has 0 rings (SSSR count). The van der Waals surface area contributed by atoms with Crippen LogP contribution in [0.3, 0.4) is 0 Å². The molecule has 2 atom stereocenters. The van der Waals surface area contributed by atoms with Crippen LogP contribution in [0.5, 0.6) is 0 Å². The van der Waals surface area contributed by atoms with Gasteiger partial charge in [0.2, 0.25) is 0 Å². The van der Waals surface area contributed by atoms with Crippen molar-refractivity contribution in [2.45, 2.75) is 290 Å². The van der Waals surface area contributed by atoms with Crippen molar-refractivity contribution in [3.63, 3.8) is 0 Å². The minimum atomic E-state index is -4.65. The zero-order valence-corrected chi connectivity index (χ0v) is 55.7. The number of phosphoric acid groups is 1. The molecule has 0 radical (unpaired) electrons. The minimum absolute atomic E-state index is 0.0393. The number of esters is 2. The average Bonchev–Trinajstić information content (AvgIpc) is 3.61. The Morgan fingerprint density at radius 1 is 0.381 bits per heavy atom. The Balaban J connectivity index is 4.13. The first-order valence-corrected chi connectivity index (χ1v) is 35.7. The normalized spacial score (nSPS) is 13.9. The molecule has 0 aromatic carbocycles. The van der Waals surface area contributed by atoms with Crippen molar-refractivity contribution < 1.29 is 42.1 Å². The highest BCUT2D eigenvalue weighted by atomic mass is 31.2. The molecule has 0 N–H and O–H groups in total. The standard InChI is InChI=1S/C74H128NO8P/c1-6-8-10-12-14-16-18-20-22-24-26-28-30-32-34-36-37-39-41-43-45-47-49-51-53-55-57-59-61-63-65-67-74(77)83-72(71-82-84(78,79)81-69-68-75(3,4)5)70-80-73(76)66-64-62-60-58-56-54-52-50-48-46-44-42-40-38-35-33-31-29-27-25-23-21-19-17-15-13-11-9-7-2/h8,10,14,16,19-22,25-28,32,34,37,39,43,45,49,51,72H,6-7,9,11-13,15,17-18,23-24,29-31,33,35-36,38,40-42,44,46-48,50,52-71H2,1-5H3/b10-8-,16-14-,21-19-,22-20-,27-25-,28-26-,34-32-,39-37-,45-43-,51-49-. The number of unbranched alkanes of at least 4 members (excludes halogenated alkanes) is 28. The maximum absolute atomic E-state index is 12.9. The lowest BCUT2D eigenvalue weighted by molar-refractivity contribution is -0.870. The van der Waals surface area contributed by atoms with Crippen LogP contribution in [0.2, 0.25) is 0 Å². The molecule has 0 aliphatic carbocycles. The summed E-state index contributed by atoms with van der Waals surface area (Å²) in [7, 11) is 1.15. The monoisotopic (exact) mass is 1190 g/mol. The van der Waals surface area contributed by atoms with Gasteiger partial charge < -0.3 is 27.9 Å². The number of carbonyl (C=O) groups is 2. The van der Waals surface area contributed by atoms with Crippen molar-refractivity contribution in [2.24, 2.45) is 0 Å². The van der Waals surface area contributed by atoms with Gasteiger partial charge in [0, 0.05) is 12.8 Å². The van der Waals surface area contributed by atoms with Gasteiger partial charge in [-0.05, 0) is 109 Å². The second-order valence-corrected chi connectivity index (χ2v) is 25.2. The summed E-state index contributed by atoms with van der Waals surface area (Å²) in [6.07, 6.45) is 91.2. The first kappa shape index (κ1) is 80.4. The number of likely N-dealkylation sites (N-methyl/N-ethyl adjacent to an activating group) is 1. The number of allylic oxidation sites excluding steroid dienone is 20. The van der Waals surface area contributed by atoms with Gasteiger partial charge in [0.15, 0.2) is 6.10 Å². The molecule has 0 aromatic rings. The van der Waals surface area contributed by atoms with Crippen LogP contribution in [-0.4, -0.2) is 70.0 Å². The Labute approximate surface area is 518 Å². The predicted molar refractivity (Wildman–Crippen MR) is 360 cm³/mol. The number of hydrogen-bond acceptors (Lipinski definition) is 8. The Bertz CT molecular complexity index is 1830. The highest BCUT2D eigenvalue weighted by Crippen LogP contribution is 2.38. The smallest absolute Gasteiger partial charge is 0.306 e. The van der Waals surface area contributed by atoms with Crippen molar-refractivity contribution in [3.05, 3.63) is 122 Å². The molecule has 0 aromatic heterocycles. The van der Waals surface area contributed by atoms with Gasteiger partial charge in [-0.25, -0.2) is 0 Å². The van der Waals surface area contributed by atoms with Gasteiger partial charge in [-0.2, -0.15) is 0 Å². The molecular formula is C74H128NO8P. The first-order chi connectivity index (χ1) is 41.0. The topological polar surface area (TPSA) is 111 Å². The second kappa shape index (κ2) is 63.9. The average molecular weight is 1190 g/mol. The molecule has 0 saturated carbocycles. The summed E-state index contributed by atoms with van der Waals surface area (Å²) in [5.41, 5.74) is 0. The number of quaternary nitrogens is 1. The van der Waals surface area contributed by atoms with E-state index >= 15 is 0 Å². The van der Waals surface area contributed by atoms with Gasteiger partial charge in [-0.15, -0.1) is 0 Å². The van der Waals surface area contributed by atoms with Gasteiger partial charge in [0.25, 0.3) is 7.82 Å². The molecule has 0 aliphatic rings. The molecule has 0 heterocycles. The molecule has 0 fully saturated rings. The van der Waals surface area contributed by atoms with Crippen LogP contribution >= 0.6 is 7.82 Å². The van der Waals surface area contributed by atoms with Crippen molar-refractivity contribution in [1.29, 1.82) is 0 Å². The zero-order chi connectivity index (χ0) is 61.2. The Kier molecular flexibility index (Phi) is 61.2. The van der Waals surface area contributed by atoms with E-state index in [0.717, 1.165) is 116 Å². The Morgan fingerprint density at radius 2 is 0.679 bits per heavy atom. The number of ether oxygens (including phenoxy) is 2. The molecule has 0 amide bonds. The summed E-state index contributed by atoms with van der Waals surface area (Å²) >= 11 is 0. The fourth-order valence-electron chi connectivity index (χ4n) is 9.23. The molecule has 10 heteroatoms. The molecule has 0 bridgehead atoms. The van der Waals surface area contributed by atoms with Crippen LogP contribution in [-0.2, 0) is 32.7 Å². The number of rotatable bonds is 62. The van der Waals surface area contributed by atoms with Crippen molar-refractivity contribution >= 4 is 19.8 Å². The summed E-state index contributed by atoms with van der Waals surface area (Å²) < 4.78 is 34.3. The summed E-state index contributed by atoms with van der Waals surface area (Å²) in [6, 6.07) is 0. The molecule has 482 valence electrons. The van der Waals surface area contributed by atoms with Gasteiger partial charge in [-0.1, -0.05) is 283 Å². The quantitative estimate of drug-likeness (QED) is 0.0195. The third kappa shape index (κ3) is 67.5. The molecule has 0 saturated heterocycles. The maximum Gasteiger partial charge on any atom is 0.306 e. The fourth-order valence-corrected chi connectivity index (χ4v) is 9.96. The zero-order valence-electron chi connectivity index (χ0n) is 54.8. The maximum atomic E-state index is 12.9.